The predicted octanol–water partition coefficient (Wildman–Crippen LogP) is 4.20. The van der Waals surface area contributed by atoms with Gasteiger partial charge in [0.2, 0.25) is 0 Å². The van der Waals surface area contributed by atoms with Crippen LogP contribution in [-0.2, 0) is 6.18 Å². The van der Waals surface area contributed by atoms with Gasteiger partial charge >= 0.3 is 6.18 Å². The first kappa shape index (κ1) is 19.0. The van der Waals surface area contributed by atoms with E-state index in [1.165, 1.54) is 24.2 Å². The molecule has 2 aromatic carbocycles. The van der Waals surface area contributed by atoms with Gasteiger partial charge in [0.1, 0.15) is 0 Å². The zero-order valence-electron chi connectivity index (χ0n) is 14.3. The second-order valence-corrected chi connectivity index (χ2v) is 6.41. The average Bonchev–Trinajstić information content (AvgIpc) is 2.90. The monoisotopic (exact) mass is 393 g/mol. The quantitative estimate of drug-likeness (QED) is 0.436. The highest BCUT2D eigenvalue weighted by atomic mass is 32.2. The summed E-state index contributed by atoms with van der Waals surface area (Å²) in [6.07, 6.45) is -2.83. The van der Waals surface area contributed by atoms with Crippen LogP contribution in [0, 0.1) is 0 Å². The van der Waals surface area contributed by atoms with Gasteiger partial charge in [0.25, 0.3) is 11.8 Å². The third-order valence-electron chi connectivity index (χ3n) is 3.93. The van der Waals surface area contributed by atoms with Crippen LogP contribution in [0.25, 0.3) is 0 Å². The molecule has 140 valence electrons. The number of imide groups is 1. The highest BCUT2D eigenvalue weighted by Crippen LogP contribution is 2.32. The number of carbonyl (C=O) groups is 2. The molecule has 0 bridgehead atoms. The van der Waals surface area contributed by atoms with Gasteiger partial charge in [-0.2, -0.15) is 18.2 Å². The fourth-order valence-electron chi connectivity index (χ4n) is 2.65. The molecule has 2 amide bonds. The van der Waals surface area contributed by atoms with Gasteiger partial charge in [0.15, 0.2) is 5.17 Å². The zero-order chi connectivity index (χ0) is 19.8. The summed E-state index contributed by atoms with van der Waals surface area (Å²) < 4.78 is 38.7. The first-order chi connectivity index (χ1) is 12.7. The number of aliphatic imine (C=N–C) groups is 1. The summed E-state index contributed by atoms with van der Waals surface area (Å²) in [6, 6.07) is 10.9. The van der Waals surface area contributed by atoms with Gasteiger partial charge in [0.05, 0.1) is 22.4 Å². The van der Waals surface area contributed by atoms with Crippen molar-refractivity contribution in [2.45, 2.75) is 6.18 Å². The molecule has 3 rings (SSSR count). The average molecular weight is 393 g/mol. The van der Waals surface area contributed by atoms with Crippen LogP contribution >= 0.6 is 11.8 Å². The number of hydrogen-bond donors (Lipinski definition) is 0. The van der Waals surface area contributed by atoms with Gasteiger partial charge in [0, 0.05) is 7.05 Å². The smallest absolute Gasteiger partial charge is 0.267 e. The Morgan fingerprint density at radius 1 is 1.04 bits per heavy atom. The van der Waals surface area contributed by atoms with E-state index in [1.807, 2.05) is 0 Å². The Morgan fingerprint density at radius 2 is 1.63 bits per heavy atom. The second kappa shape index (κ2) is 7.07. The number of carbonyl (C=O) groups excluding carboxylic acids is 2. The van der Waals surface area contributed by atoms with Gasteiger partial charge in [-0.15, -0.1) is 0 Å². The summed E-state index contributed by atoms with van der Waals surface area (Å²) in [5.74, 6) is -1.02. The molecule has 1 aliphatic heterocycles. The van der Waals surface area contributed by atoms with Crippen molar-refractivity contribution in [3.8, 4) is 0 Å². The van der Waals surface area contributed by atoms with Crippen molar-refractivity contribution in [1.29, 1.82) is 0 Å². The number of amidine groups is 1. The van der Waals surface area contributed by atoms with Crippen molar-refractivity contribution in [1.82, 2.24) is 10.0 Å². The number of halogens is 3. The Labute approximate surface area is 157 Å². The lowest BCUT2D eigenvalue weighted by Crippen LogP contribution is -2.46. The van der Waals surface area contributed by atoms with Crippen molar-refractivity contribution in [2.75, 3.05) is 13.3 Å². The van der Waals surface area contributed by atoms with Gasteiger partial charge in [-0.1, -0.05) is 30.0 Å². The number of nitrogens with zero attached hydrogens (tertiary/aromatic N) is 3. The van der Waals surface area contributed by atoms with E-state index in [0.29, 0.717) is 0 Å². The van der Waals surface area contributed by atoms with E-state index in [-0.39, 0.29) is 22.0 Å². The molecule has 9 heteroatoms. The minimum atomic E-state index is -4.49. The highest BCUT2D eigenvalue weighted by molar-refractivity contribution is 8.13. The summed E-state index contributed by atoms with van der Waals surface area (Å²) in [5, 5.41) is 2.37. The fourth-order valence-corrected chi connectivity index (χ4v) is 3.19. The molecule has 27 heavy (non-hydrogen) atoms. The normalized spacial score (nSPS) is 14.6. The molecule has 0 aliphatic carbocycles. The SMILES string of the molecule is CSC(=Nc1cccc(C(F)(F)F)c1)N(C)N1C(=O)c2ccccc2C1=O. The minimum absolute atomic E-state index is 0.0673. The number of benzene rings is 2. The first-order valence-corrected chi connectivity index (χ1v) is 8.98. The molecule has 1 heterocycles. The van der Waals surface area contributed by atoms with Crippen molar-refractivity contribution in [2.24, 2.45) is 4.99 Å². The lowest BCUT2D eigenvalue weighted by atomic mass is 10.1. The standard InChI is InChI=1S/C18H14F3N3O2S/c1-23(24-15(25)13-8-3-4-9-14(13)16(24)26)17(27-2)22-12-7-5-6-11(10-12)18(19,20)21/h3-10H,1-2H3. The van der Waals surface area contributed by atoms with Crippen LogP contribution < -0.4 is 0 Å². The molecule has 0 saturated carbocycles. The zero-order valence-corrected chi connectivity index (χ0v) is 15.1. The molecule has 0 unspecified atom stereocenters. The van der Waals surface area contributed by atoms with Gasteiger partial charge in [-0.3, -0.25) is 14.6 Å². The van der Waals surface area contributed by atoms with Crippen LogP contribution in [0.1, 0.15) is 26.3 Å². The van der Waals surface area contributed by atoms with Crippen molar-refractivity contribution < 1.29 is 22.8 Å². The molecule has 1 aliphatic rings. The molecular weight excluding hydrogens is 379 g/mol. The van der Waals surface area contributed by atoms with Crippen LogP contribution in [0.3, 0.4) is 0 Å². The maximum atomic E-state index is 12.9. The summed E-state index contributed by atoms with van der Waals surface area (Å²) in [6.45, 7) is 0. The molecule has 0 saturated heterocycles. The summed E-state index contributed by atoms with van der Waals surface area (Å²) in [5.41, 5.74) is -0.215. The summed E-state index contributed by atoms with van der Waals surface area (Å²) in [4.78, 5) is 29.3. The minimum Gasteiger partial charge on any atom is -0.267 e. The largest absolute Gasteiger partial charge is 0.416 e. The van der Waals surface area contributed by atoms with Gasteiger partial charge in [-0.05, 0) is 36.6 Å². The Morgan fingerprint density at radius 3 is 2.15 bits per heavy atom. The lowest BCUT2D eigenvalue weighted by molar-refractivity contribution is -0.137. The number of fused-ring (bicyclic) bond motifs is 1. The third-order valence-corrected chi connectivity index (χ3v) is 4.65. The van der Waals surface area contributed by atoms with Gasteiger partial charge in [-0.25, -0.2) is 4.99 Å². The number of amides is 2. The van der Waals surface area contributed by atoms with Crippen LogP contribution in [-0.4, -0.2) is 40.3 Å². The number of hydrazine groups is 1. The Hall–Kier alpha value is -2.81. The molecule has 2 aromatic rings. The maximum Gasteiger partial charge on any atom is 0.416 e. The fraction of sp³-hybridized carbons (Fsp3) is 0.167. The number of alkyl halides is 3. The maximum absolute atomic E-state index is 12.9. The second-order valence-electron chi connectivity index (χ2n) is 5.64. The highest BCUT2D eigenvalue weighted by Gasteiger charge is 2.39. The van der Waals surface area contributed by atoms with Crippen molar-refractivity contribution >= 4 is 34.4 Å². The van der Waals surface area contributed by atoms with E-state index in [2.05, 4.69) is 4.99 Å². The van der Waals surface area contributed by atoms with E-state index in [9.17, 15) is 22.8 Å². The lowest BCUT2D eigenvalue weighted by Gasteiger charge is -2.27. The van der Waals surface area contributed by atoms with Crippen LogP contribution in [0.5, 0.6) is 0 Å². The van der Waals surface area contributed by atoms with E-state index in [0.717, 1.165) is 28.9 Å². The van der Waals surface area contributed by atoms with E-state index in [4.69, 9.17) is 0 Å². The molecule has 5 nitrogen and oxygen atoms in total. The molecular formula is C18H14F3N3O2S. The van der Waals surface area contributed by atoms with Gasteiger partial charge < -0.3 is 0 Å². The Balaban J connectivity index is 1.94. The topological polar surface area (TPSA) is 53.0 Å². The van der Waals surface area contributed by atoms with Crippen molar-refractivity contribution in [3.05, 3.63) is 65.2 Å². The molecule has 0 atom stereocenters. The van der Waals surface area contributed by atoms with E-state index < -0.39 is 23.6 Å². The van der Waals surface area contributed by atoms with Crippen LogP contribution in [0.15, 0.2) is 53.5 Å². The van der Waals surface area contributed by atoms with E-state index >= 15 is 0 Å². The molecule has 0 fully saturated rings. The number of rotatable bonds is 2. The summed E-state index contributed by atoms with van der Waals surface area (Å²) in [7, 11) is 1.46. The summed E-state index contributed by atoms with van der Waals surface area (Å²) >= 11 is 1.10. The Bertz CT molecular complexity index is 908. The third kappa shape index (κ3) is 3.55. The number of hydrogen-bond acceptors (Lipinski definition) is 4. The van der Waals surface area contributed by atoms with E-state index in [1.54, 1.807) is 30.5 Å². The van der Waals surface area contributed by atoms with Crippen LogP contribution in [0.2, 0.25) is 0 Å². The predicted molar refractivity (Wildman–Crippen MR) is 96.8 cm³/mol. The molecule has 0 aromatic heterocycles. The molecule has 0 N–H and O–H groups in total. The molecule has 0 spiro atoms. The Kier molecular flexibility index (Phi) is 4.97. The van der Waals surface area contributed by atoms with Crippen LogP contribution in [0.4, 0.5) is 18.9 Å². The molecule has 0 radical (unpaired) electrons. The number of thioether (sulfide) groups is 1. The van der Waals surface area contributed by atoms with Crippen molar-refractivity contribution in [3.63, 3.8) is 0 Å². The first-order valence-electron chi connectivity index (χ1n) is 7.75.